The zero-order valence-corrected chi connectivity index (χ0v) is 14.7. The first kappa shape index (κ1) is 18.2. The fourth-order valence-electron chi connectivity index (χ4n) is 2.15. The highest BCUT2D eigenvalue weighted by molar-refractivity contribution is 7.89. The van der Waals surface area contributed by atoms with E-state index in [0.717, 1.165) is 5.56 Å². The van der Waals surface area contributed by atoms with E-state index in [0.29, 0.717) is 5.56 Å². The van der Waals surface area contributed by atoms with E-state index in [2.05, 4.69) is 25.5 Å². The predicted octanol–water partition coefficient (Wildman–Crippen LogP) is 1.83. The van der Waals surface area contributed by atoms with Gasteiger partial charge >= 0.3 is 0 Å². The average molecular weight is 346 g/mol. The predicted molar refractivity (Wildman–Crippen MR) is 89.9 cm³/mol. The van der Waals surface area contributed by atoms with Crippen LogP contribution in [-0.4, -0.2) is 14.4 Å². The van der Waals surface area contributed by atoms with Crippen LogP contribution in [0, 0.1) is 0 Å². The molecule has 0 saturated carbocycles. The third-order valence-corrected chi connectivity index (χ3v) is 5.10. The lowest BCUT2D eigenvalue weighted by molar-refractivity contribution is -0.255. The molecule has 0 bridgehead atoms. The van der Waals surface area contributed by atoms with E-state index in [1.807, 2.05) is 12.1 Å². The van der Waals surface area contributed by atoms with Crippen LogP contribution in [-0.2, 0) is 22.0 Å². The lowest BCUT2D eigenvalue weighted by atomic mass is 9.87. The van der Waals surface area contributed by atoms with Crippen LogP contribution in [0.15, 0.2) is 53.4 Å². The Labute approximate surface area is 142 Å². The second-order valence-electron chi connectivity index (χ2n) is 6.58. The highest BCUT2D eigenvalue weighted by Crippen LogP contribution is 2.23. The van der Waals surface area contributed by atoms with Gasteiger partial charge in [0, 0.05) is 6.54 Å². The standard InChI is InChI=1S/C18H21NO4S/c1-18(2,3)15-8-10-16(11-9-15)24(22,23)19-12-13-4-6-14(7-5-13)17(20)21/h4-11,19H,12H2,1-3H3,(H,20,21)/p-1. The number of aromatic carboxylic acids is 1. The molecule has 0 atom stereocenters. The van der Waals surface area contributed by atoms with Crippen molar-refractivity contribution in [1.82, 2.24) is 4.72 Å². The summed E-state index contributed by atoms with van der Waals surface area (Å²) in [7, 11) is -3.63. The van der Waals surface area contributed by atoms with Gasteiger partial charge < -0.3 is 9.90 Å². The van der Waals surface area contributed by atoms with Gasteiger partial charge in [-0.3, -0.25) is 0 Å². The molecule has 24 heavy (non-hydrogen) atoms. The van der Waals surface area contributed by atoms with Gasteiger partial charge in [-0.1, -0.05) is 57.2 Å². The minimum atomic E-state index is -3.63. The average Bonchev–Trinajstić information content (AvgIpc) is 2.53. The molecule has 0 aliphatic carbocycles. The van der Waals surface area contributed by atoms with Crippen molar-refractivity contribution in [3.05, 3.63) is 65.2 Å². The number of carboxylic acids is 1. The van der Waals surface area contributed by atoms with Gasteiger partial charge in [0.15, 0.2) is 0 Å². The van der Waals surface area contributed by atoms with Crippen molar-refractivity contribution in [2.75, 3.05) is 0 Å². The van der Waals surface area contributed by atoms with Gasteiger partial charge in [-0.25, -0.2) is 13.1 Å². The molecule has 2 aromatic carbocycles. The molecule has 0 aliphatic heterocycles. The largest absolute Gasteiger partial charge is 0.545 e. The van der Waals surface area contributed by atoms with Crippen molar-refractivity contribution < 1.29 is 18.3 Å². The first-order valence-electron chi connectivity index (χ1n) is 7.50. The van der Waals surface area contributed by atoms with Crippen LogP contribution >= 0.6 is 0 Å². The van der Waals surface area contributed by atoms with Gasteiger partial charge in [0.25, 0.3) is 0 Å². The summed E-state index contributed by atoms with van der Waals surface area (Å²) < 4.78 is 27.2. The topological polar surface area (TPSA) is 86.3 Å². The molecule has 0 aliphatic rings. The normalized spacial score (nSPS) is 12.1. The number of rotatable bonds is 5. The summed E-state index contributed by atoms with van der Waals surface area (Å²) in [6.07, 6.45) is 0. The van der Waals surface area contributed by atoms with Gasteiger partial charge in [0.2, 0.25) is 10.0 Å². The zero-order valence-electron chi connectivity index (χ0n) is 13.9. The molecule has 6 heteroatoms. The van der Waals surface area contributed by atoms with Crippen LogP contribution in [0.3, 0.4) is 0 Å². The third-order valence-electron chi connectivity index (χ3n) is 3.69. The first-order chi connectivity index (χ1) is 11.1. The van der Waals surface area contributed by atoms with E-state index in [-0.39, 0.29) is 22.4 Å². The van der Waals surface area contributed by atoms with Crippen LogP contribution in [0.25, 0.3) is 0 Å². The zero-order chi connectivity index (χ0) is 18.0. The first-order valence-corrected chi connectivity index (χ1v) is 8.98. The Morgan fingerprint density at radius 1 is 1.00 bits per heavy atom. The lowest BCUT2D eigenvalue weighted by Gasteiger charge is -2.19. The third kappa shape index (κ3) is 4.43. The Balaban J connectivity index is 2.09. The second-order valence-corrected chi connectivity index (χ2v) is 8.35. The molecule has 0 aromatic heterocycles. The molecule has 0 heterocycles. The van der Waals surface area contributed by atoms with Crippen LogP contribution in [0.5, 0.6) is 0 Å². The molecule has 128 valence electrons. The molecule has 5 nitrogen and oxygen atoms in total. The van der Waals surface area contributed by atoms with Gasteiger partial charge in [-0.2, -0.15) is 0 Å². The van der Waals surface area contributed by atoms with Gasteiger partial charge in [-0.15, -0.1) is 0 Å². The van der Waals surface area contributed by atoms with Crippen LogP contribution in [0.2, 0.25) is 0 Å². The second kappa shape index (κ2) is 6.75. The summed E-state index contributed by atoms with van der Waals surface area (Å²) in [5.41, 5.74) is 1.73. The van der Waals surface area contributed by atoms with Gasteiger partial charge in [0.1, 0.15) is 0 Å². The van der Waals surface area contributed by atoms with Crippen LogP contribution in [0.1, 0.15) is 42.3 Å². The van der Waals surface area contributed by atoms with Crippen molar-refractivity contribution in [2.45, 2.75) is 37.6 Å². The summed E-state index contributed by atoms with van der Waals surface area (Å²) in [5.74, 6) is -1.26. The minimum Gasteiger partial charge on any atom is -0.545 e. The maximum atomic E-state index is 12.3. The maximum absolute atomic E-state index is 12.3. The number of hydrogen-bond acceptors (Lipinski definition) is 4. The fourth-order valence-corrected chi connectivity index (χ4v) is 3.17. The maximum Gasteiger partial charge on any atom is 0.240 e. The van der Waals surface area contributed by atoms with E-state index >= 15 is 0 Å². The summed E-state index contributed by atoms with van der Waals surface area (Å²) >= 11 is 0. The molecule has 0 saturated heterocycles. The molecule has 0 fully saturated rings. The molecule has 0 amide bonds. The molecule has 2 aromatic rings. The Hall–Kier alpha value is -2.18. The number of carbonyl (C=O) groups is 1. The van der Waals surface area contributed by atoms with Crippen LogP contribution < -0.4 is 9.83 Å². The number of carboxylic acid groups (broad SMARTS) is 1. The summed E-state index contributed by atoms with van der Waals surface area (Å²) in [4.78, 5) is 10.9. The SMILES string of the molecule is CC(C)(C)c1ccc(S(=O)(=O)NCc2ccc(C(=O)[O-])cc2)cc1. The van der Waals surface area contributed by atoms with Crippen molar-refractivity contribution >= 4 is 16.0 Å². The van der Waals surface area contributed by atoms with Crippen molar-refractivity contribution in [3.8, 4) is 0 Å². The van der Waals surface area contributed by atoms with Crippen LogP contribution in [0.4, 0.5) is 0 Å². The van der Waals surface area contributed by atoms with E-state index < -0.39 is 16.0 Å². The molecule has 2 rings (SSSR count). The highest BCUT2D eigenvalue weighted by atomic mass is 32.2. The molecule has 0 unspecified atom stereocenters. The molecule has 1 N–H and O–H groups in total. The molecular weight excluding hydrogens is 326 g/mol. The summed E-state index contributed by atoms with van der Waals surface area (Å²) in [6, 6.07) is 12.7. The Bertz CT molecular complexity index is 817. The lowest BCUT2D eigenvalue weighted by Crippen LogP contribution is -2.24. The molecule has 0 spiro atoms. The van der Waals surface area contributed by atoms with E-state index in [4.69, 9.17) is 0 Å². The minimum absolute atomic E-state index is 0.0452. The van der Waals surface area contributed by atoms with Crippen molar-refractivity contribution in [1.29, 1.82) is 0 Å². The number of nitrogens with one attached hydrogen (secondary N) is 1. The van der Waals surface area contributed by atoms with Crippen molar-refractivity contribution in [2.24, 2.45) is 0 Å². The van der Waals surface area contributed by atoms with E-state index in [1.165, 1.54) is 12.1 Å². The molecular formula is C18H20NO4S-. The number of hydrogen-bond donors (Lipinski definition) is 1. The summed E-state index contributed by atoms with van der Waals surface area (Å²) in [6.45, 7) is 6.26. The van der Waals surface area contributed by atoms with Crippen molar-refractivity contribution in [3.63, 3.8) is 0 Å². The molecule has 0 radical (unpaired) electrons. The van der Waals surface area contributed by atoms with E-state index in [1.54, 1.807) is 24.3 Å². The Morgan fingerprint density at radius 3 is 2.00 bits per heavy atom. The number of carbonyl (C=O) groups excluding carboxylic acids is 1. The number of benzene rings is 2. The smallest absolute Gasteiger partial charge is 0.240 e. The Morgan fingerprint density at radius 2 is 1.54 bits per heavy atom. The van der Waals surface area contributed by atoms with Gasteiger partial charge in [-0.05, 0) is 34.2 Å². The van der Waals surface area contributed by atoms with Gasteiger partial charge in [0.05, 0.1) is 10.9 Å². The van der Waals surface area contributed by atoms with E-state index in [9.17, 15) is 18.3 Å². The quantitative estimate of drug-likeness (QED) is 0.895. The highest BCUT2D eigenvalue weighted by Gasteiger charge is 2.17. The number of sulfonamides is 1. The fraction of sp³-hybridized carbons (Fsp3) is 0.278. The summed E-state index contributed by atoms with van der Waals surface area (Å²) in [5, 5.41) is 10.7. The monoisotopic (exact) mass is 346 g/mol. The Kier molecular flexibility index (Phi) is 5.11.